The fourth-order valence-corrected chi connectivity index (χ4v) is 2.80. The van der Waals surface area contributed by atoms with Crippen molar-refractivity contribution in [3.8, 4) is 10.6 Å². The first-order valence-corrected chi connectivity index (χ1v) is 6.23. The summed E-state index contributed by atoms with van der Waals surface area (Å²) < 4.78 is 0. The Balaban J connectivity index is 2.34. The minimum absolute atomic E-state index is 0.871. The zero-order valence-electron chi connectivity index (χ0n) is 8.47. The van der Waals surface area contributed by atoms with E-state index in [9.17, 15) is 0 Å². The Bertz CT molecular complexity index is 437. The first kappa shape index (κ1) is 10.6. The van der Waals surface area contributed by atoms with Crippen molar-refractivity contribution in [1.82, 2.24) is 9.97 Å². The molecule has 0 aliphatic rings. The molecule has 0 N–H and O–H groups in total. The largest absolute Gasteiger partial charge is 0.264 e. The Hall–Kier alpha value is -0.870. The molecule has 0 spiro atoms. The number of thiazole rings is 1. The van der Waals surface area contributed by atoms with Crippen LogP contribution in [-0.4, -0.2) is 15.7 Å². The molecule has 0 fully saturated rings. The number of aryl methyl sites for hydroxylation is 2. The number of nitrogens with zero attached hydrogens (tertiary/aromatic N) is 2. The number of aromatic nitrogens is 2. The van der Waals surface area contributed by atoms with Gasteiger partial charge in [-0.3, -0.25) is 4.98 Å². The summed E-state index contributed by atoms with van der Waals surface area (Å²) in [5, 5.41) is 1.05. The van der Waals surface area contributed by atoms with Crippen molar-refractivity contribution in [3.63, 3.8) is 0 Å². The van der Waals surface area contributed by atoms with E-state index in [1.807, 2.05) is 18.3 Å². The molecule has 0 saturated heterocycles. The van der Waals surface area contributed by atoms with Crippen LogP contribution in [0.4, 0.5) is 0 Å². The van der Waals surface area contributed by atoms with Crippen LogP contribution in [0.2, 0.25) is 0 Å². The number of rotatable bonds is 3. The van der Waals surface area contributed by atoms with Gasteiger partial charge in [0.25, 0.3) is 0 Å². The lowest BCUT2D eigenvalue weighted by molar-refractivity contribution is 1.13. The minimum Gasteiger partial charge on any atom is -0.264 e. The van der Waals surface area contributed by atoms with Crippen LogP contribution in [0.1, 0.15) is 10.6 Å². The van der Waals surface area contributed by atoms with Gasteiger partial charge < -0.3 is 0 Å². The number of pyridine rings is 1. The van der Waals surface area contributed by atoms with Gasteiger partial charge in [0.05, 0.1) is 5.69 Å². The van der Waals surface area contributed by atoms with E-state index in [0.717, 1.165) is 28.4 Å². The molecule has 0 amide bonds. The molecule has 0 unspecified atom stereocenters. The molecule has 2 aromatic rings. The maximum atomic E-state index is 4.54. The predicted molar refractivity (Wildman–Crippen MR) is 67.6 cm³/mol. The molecule has 0 aliphatic heterocycles. The summed E-state index contributed by atoms with van der Waals surface area (Å²) in [7, 11) is 0. The quantitative estimate of drug-likeness (QED) is 0.829. The van der Waals surface area contributed by atoms with Crippen LogP contribution in [0.15, 0.2) is 24.5 Å². The average molecular weight is 236 g/mol. The highest BCUT2D eigenvalue weighted by molar-refractivity contribution is 7.80. The Kier molecular flexibility index (Phi) is 3.38. The fraction of sp³-hybridized carbons (Fsp3) is 0.273. The highest BCUT2D eigenvalue weighted by Crippen LogP contribution is 2.27. The van der Waals surface area contributed by atoms with Gasteiger partial charge in [0.15, 0.2) is 0 Å². The van der Waals surface area contributed by atoms with E-state index in [1.165, 1.54) is 4.88 Å². The second-order valence-corrected chi connectivity index (χ2v) is 4.77. The molecule has 2 nitrogen and oxygen atoms in total. The Morgan fingerprint density at radius 1 is 1.47 bits per heavy atom. The first-order chi connectivity index (χ1) is 7.31. The predicted octanol–water partition coefficient (Wildman–Crippen LogP) is 2.99. The highest BCUT2D eigenvalue weighted by Gasteiger charge is 2.08. The molecule has 78 valence electrons. The van der Waals surface area contributed by atoms with E-state index >= 15 is 0 Å². The molecule has 2 heterocycles. The normalized spacial score (nSPS) is 10.5. The van der Waals surface area contributed by atoms with E-state index in [2.05, 4.69) is 29.5 Å². The smallest absolute Gasteiger partial charge is 0.125 e. The molecular formula is C11H12N2S2. The van der Waals surface area contributed by atoms with Crippen molar-refractivity contribution < 1.29 is 0 Å². The first-order valence-electron chi connectivity index (χ1n) is 4.79. The fourth-order valence-electron chi connectivity index (χ4n) is 1.37. The Morgan fingerprint density at radius 3 is 3.00 bits per heavy atom. The Labute approximate surface area is 98.8 Å². The zero-order valence-corrected chi connectivity index (χ0v) is 10.2. The van der Waals surface area contributed by atoms with Crippen molar-refractivity contribution in [1.29, 1.82) is 0 Å². The van der Waals surface area contributed by atoms with Crippen molar-refractivity contribution in [2.45, 2.75) is 13.3 Å². The van der Waals surface area contributed by atoms with Crippen LogP contribution in [0.3, 0.4) is 0 Å². The monoisotopic (exact) mass is 236 g/mol. The Morgan fingerprint density at radius 2 is 2.33 bits per heavy atom. The third-order valence-corrected chi connectivity index (χ3v) is 3.63. The zero-order chi connectivity index (χ0) is 10.7. The molecule has 4 heteroatoms. The van der Waals surface area contributed by atoms with Crippen LogP contribution in [-0.2, 0) is 6.42 Å². The average Bonchev–Trinajstić information content (AvgIpc) is 2.63. The van der Waals surface area contributed by atoms with Gasteiger partial charge >= 0.3 is 0 Å². The van der Waals surface area contributed by atoms with Gasteiger partial charge in [-0.25, -0.2) is 4.98 Å². The summed E-state index contributed by atoms with van der Waals surface area (Å²) in [4.78, 5) is 9.96. The molecule has 2 aromatic heterocycles. The lowest BCUT2D eigenvalue weighted by Gasteiger charge is -1.92. The number of thiol groups is 1. The van der Waals surface area contributed by atoms with Gasteiger partial charge in [0.2, 0.25) is 0 Å². The number of hydrogen-bond acceptors (Lipinski definition) is 4. The van der Waals surface area contributed by atoms with Crippen LogP contribution < -0.4 is 0 Å². The molecule has 0 saturated carbocycles. The highest BCUT2D eigenvalue weighted by atomic mass is 32.1. The summed E-state index contributed by atoms with van der Waals surface area (Å²) >= 11 is 5.98. The molecule has 0 aromatic carbocycles. The van der Waals surface area contributed by atoms with E-state index in [0.29, 0.717) is 0 Å². The molecule has 2 rings (SSSR count). The molecule has 15 heavy (non-hydrogen) atoms. The van der Waals surface area contributed by atoms with Gasteiger partial charge in [-0.05, 0) is 31.2 Å². The van der Waals surface area contributed by atoms with Crippen LogP contribution in [0, 0.1) is 6.92 Å². The summed E-state index contributed by atoms with van der Waals surface area (Å²) in [5.74, 6) is 0.871. The lowest BCUT2D eigenvalue weighted by atomic mass is 10.3. The number of hydrogen-bond donors (Lipinski definition) is 1. The second-order valence-electron chi connectivity index (χ2n) is 3.24. The maximum Gasteiger partial charge on any atom is 0.125 e. The standard InChI is InChI=1S/C11H12N2S2/c1-8-10(4-6-14)15-11(13-8)9-3-2-5-12-7-9/h2-3,5,7,14H,4,6H2,1H3. The lowest BCUT2D eigenvalue weighted by Crippen LogP contribution is -1.84. The van der Waals surface area contributed by atoms with E-state index in [4.69, 9.17) is 0 Å². The van der Waals surface area contributed by atoms with Gasteiger partial charge in [0.1, 0.15) is 5.01 Å². The molecular weight excluding hydrogens is 224 g/mol. The molecule has 0 radical (unpaired) electrons. The molecule has 0 bridgehead atoms. The van der Waals surface area contributed by atoms with Gasteiger partial charge in [-0.15, -0.1) is 11.3 Å². The van der Waals surface area contributed by atoms with Crippen molar-refractivity contribution in [2.75, 3.05) is 5.75 Å². The summed E-state index contributed by atoms with van der Waals surface area (Å²) in [6.07, 6.45) is 4.62. The van der Waals surface area contributed by atoms with Gasteiger partial charge in [-0.2, -0.15) is 12.6 Å². The van der Waals surface area contributed by atoms with Crippen LogP contribution in [0.25, 0.3) is 10.6 Å². The van der Waals surface area contributed by atoms with E-state index < -0.39 is 0 Å². The van der Waals surface area contributed by atoms with Crippen LogP contribution in [0.5, 0.6) is 0 Å². The third kappa shape index (κ3) is 2.38. The summed E-state index contributed by atoms with van der Waals surface area (Å²) in [5.41, 5.74) is 2.21. The summed E-state index contributed by atoms with van der Waals surface area (Å²) in [6.45, 7) is 2.05. The SMILES string of the molecule is Cc1nc(-c2cccnc2)sc1CCS. The maximum absolute atomic E-state index is 4.54. The second kappa shape index (κ2) is 4.77. The minimum atomic E-state index is 0.871. The van der Waals surface area contributed by atoms with Crippen LogP contribution >= 0.6 is 24.0 Å². The molecule has 0 aliphatic carbocycles. The van der Waals surface area contributed by atoms with Gasteiger partial charge in [0, 0.05) is 22.8 Å². The van der Waals surface area contributed by atoms with Crippen molar-refractivity contribution in [2.24, 2.45) is 0 Å². The van der Waals surface area contributed by atoms with Gasteiger partial charge in [-0.1, -0.05) is 0 Å². The van der Waals surface area contributed by atoms with Crippen molar-refractivity contribution in [3.05, 3.63) is 35.1 Å². The third-order valence-electron chi connectivity index (χ3n) is 2.14. The topological polar surface area (TPSA) is 25.8 Å². The van der Waals surface area contributed by atoms with E-state index in [1.54, 1.807) is 17.5 Å². The van der Waals surface area contributed by atoms with Crippen molar-refractivity contribution >= 4 is 24.0 Å². The molecule has 0 atom stereocenters. The van der Waals surface area contributed by atoms with E-state index in [-0.39, 0.29) is 0 Å². The summed E-state index contributed by atoms with van der Waals surface area (Å²) in [6, 6.07) is 3.97.